The van der Waals surface area contributed by atoms with Crippen LogP contribution in [0.15, 0.2) is 18.2 Å². The highest BCUT2D eigenvalue weighted by molar-refractivity contribution is 9.09. The van der Waals surface area contributed by atoms with Crippen LogP contribution in [0.2, 0.25) is 0 Å². The maximum Gasteiger partial charge on any atom is 0.125 e. The summed E-state index contributed by atoms with van der Waals surface area (Å²) in [5, 5.41) is 0.994. The second-order valence-corrected chi connectivity index (χ2v) is 4.88. The van der Waals surface area contributed by atoms with Gasteiger partial charge >= 0.3 is 0 Å². The molecule has 82 valence electrons. The zero-order chi connectivity index (χ0) is 10.8. The molecule has 0 bridgehead atoms. The van der Waals surface area contributed by atoms with E-state index in [4.69, 9.17) is 0 Å². The lowest BCUT2D eigenvalue weighted by atomic mass is 10.1. The lowest BCUT2D eigenvalue weighted by Gasteiger charge is -2.22. The zero-order valence-corrected chi connectivity index (χ0v) is 10.4. The Hall–Kier alpha value is -0.570. The molecule has 0 spiro atoms. The highest BCUT2D eigenvalue weighted by Crippen LogP contribution is 2.29. The summed E-state index contributed by atoms with van der Waals surface area (Å²) in [6.07, 6.45) is 1.05. The number of rotatable bonds is 3. The van der Waals surface area contributed by atoms with E-state index in [1.54, 1.807) is 12.1 Å². The molecule has 1 aliphatic rings. The Bertz CT molecular complexity index is 353. The van der Waals surface area contributed by atoms with E-state index in [1.165, 1.54) is 5.56 Å². The fourth-order valence-electron chi connectivity index (χ4n) is 2.03. The van der Waals surface area contributed by atoms with Crippen LogP contribution in [0.5, 0.6) is 0 Å². The lowest BCUT2D eigenvalue weighted by molar-refractivity contribution is 0.620. The SMILES string of the molecule is CC(CBr)CN1CCc2ccc(F)cc21. The fraction of sp³-hybridized carbons (Fsp3) is 0.500. The van der Waals surface area contributed by atoms with Gasteiger partial charge in [0.15, 0.2) is 0 Å². The van der Waals surface area contributed by atoms with Crippen molar-refractivity contribution in [2.45, 2.75) is 13.3 Å². The Morgan fingerprint density at radius 1 is 1.53 bits per heavy atom. The highest BCUT2D eigenvalue weighted by atomic mass is 79.9. The first-order valence-corrected chi connectivity index (χ1v) is 6.42. The van der Waals surface area contributed by atoms with Gasteiger partial charge in [-0.05, 0) is 30.0 Å². The average Bonchev–Trinajstić information content (AvgIpc) is 2.61. The molecular formula is C12H15BrFN. The molecule has 0 aromatic heterocycles. The number of halogens is 2. The number of alkyl halides is 1. The standard InChI is InChI=1S/C12H15BrFN/c1-9(7-13)8-15-5-4-10-2-3-11(14)6-12(10)15/h2-3,6,9H,4-5,7-8H2,1H3. The van der Waals surface area contributed by atoms with E-state index in [9.17, 15) is 4.39 Å². The first-order valence-electron chi connectivity index (χ1n) is 5.30. The summed E-state index contributed by atoms with van der Waals surface area (Å²) in [5.41, 5.74) is 2.36. The smallest absolute Gasteiger partial charge is 0.125 e. The molecule has 1 nitrogen and oxygen atoms in total. The Morgan fingerprint density at radius 2 is 2.33 bits per heavy atom. The van der Waals surface area contributed by atoms with Crippen molar-refractivity contribution in [1.29, 1.82) is 0 Å². The van der Waals surface area contributed by atoms with Gasteiger partial charge in [-0.15, -0.1) is 0 Å². The van der Waals surface area contributed by atoms with Crippen molar-refractivity contribution >= 4 is 21.6 Å². The minimum atomic E-state index is -0.132. The van der Waals surface area contributed by atoms with E-state index in [0.717, 1.165) is 30.5 Å². The van der Waals surface area contributed by atoms with Crippen LogP contribution in [0, 0.1) is 11.7 Å². The Labute approximate surface area is 98.4 Å². The molecule has 1 aromatic carbocycles. The van der Waals surface area contributed by atoms with Gasteiger partial charge in [-0.2, -0.15) is 0 Å². The summed E-state index contributed by atoms with van der Waals surface area (Å²) in [6, 6.07) is 5.11. The molecule has 15 heavy (non-hydrogen) atoms. The largest absolute Gasteiger partial charge is 0.371 e. The number of hydrogen-bond donors (Lipinski definition) is 0. The van der Waals surface area contributed by atoms with Gasteiger partial charge in [0.1, 0.15) is 5.82 Å². The highest BCUT2D eigenvalue weighted by Gasteiger charge is 2.20. The molecule has 1 unspecified atom stereocenters. The molecule has 0 fully saturated rings. The van der Waals surface area contributed by atoms with E-state index in [0.29, 0.717) is 5.92 Å². The van der Waals surface area contributed by atoms with Crippen LogP contribution in [-0.2, 0) is 6.42 Å². The van der Waals surface area contributed by atoms with Gasteiger partial charge < -0.3 is 4.90 Å². The van der Waals surface area contributed by atoms with Crippen molar-refractivity contribution in [2.75, 3.05) is 23.3 Å². The van der Waals surface area contributed by atoms with Gasteiger partial charge in [-0.1, -0.05) is 28.9 Å². The number of benzene rings is 1. The van der Waals surface area contributed by atoms with Crippen LogP contribution in [0.4, 0.5) is 10.1 Å². The van der Waals surface area contributed by atoms with Crippen molar-refractivity contribution in [1.82, 2.24) is 0 Å². The minimum absolute atomic E-state index is 0.132. The normalized spacial score (nSPS) is 16.6. The molecule has 1 aliphatic heterocycles. The number of anilines is 1. The van der Waals surface area contributed by atoms with Crippen molar-refractivity contribution in [2.24, 2.45) is 5.92 Å². The monoisotopic (exact) mass is 271 g/mol. The molecule has 0 N–H and O–H groups in total. The molecule has 0 amide bonds. The Kier molecular flexibility index (Phi) is 3.29. The average molecular weight is 272 g/mol. The Morgan fingerprint density at radius 3 is 3.07 bits per heavy atom. The predicted octanol–water partition coefficient (Wildman–Crippen LogP) is 3.22. The van der Waals surface area contributed by atoms with Crippen molar-refractivity contribution < 1.29 is 4.39 Å². The topological polar surface area (TPSA) is 3.24 Å². The molecule has 3 heteroatoms. The Balaban J connectivity index is 2.16. The fourth-order valence-corrected chi connectivity index (χ4v) is 2.24. The number of nitrogens with zero attached hydrogens (tertiary/aromatic N) is 1. The second kappa shape index (κ2) is 4.52. The summed E-state index contributed by atoms with van der Waals surface area (Å²) >= 11 is 3.48. The van der Waals surface area contributed by atoms with E-state index in [-0.39, 0.29) is 5.82 Å². The lowest BCUT2D eigenvalue weighted by Crippen LogP contribution is -2.27. The van der Waals surface area contributed by atoms with E-state index in [2.05, 4.69) is 27.8 Å². The van der Waals surface area contributed by atoms with Crippen molar-refractivity contribution in [3.8, 4) is 0 Å². The van der Waals surface area contributed by atoms with Gasteiger partial charge in [0, 0.05) is 24.1 Å². The van der Waals surface area contributed by atoms with Gasteiger partial charge in [-0.3, -0.25) is 0 Å². The first-order chi connectivity index (χ1) is 7.20. The van der Waals surface area contributed by atoms with Crippen LogP contribution in [0.1, 0.15) is 12.5 Å². The zero-order valence-electron chi connectivity index (χ0n) is 8.84. The predicted molar refractivity (Wildman–Crippen MR) is 65.3 cm³/mol. The first kappa shape index (κ1) is 10.9. The van der Waals surface area contributed by atoms with Gasteiger partial charge in [0.2, 0.25) is 0 Å². The third kappa shape index (κ3) is 2.33. The van der Waals surface area contributed by atoms with Gasteiger partial charge in [0.05, 0.1) is 0 Å². The summed E-state index contributed by atoms with van der Waals surface area (Å²) < 4.78 is 13.1. The third-order valence-corrected chi connectivity index (χ3v) is 3.94. The number of hydrogen-bond acceptors (Lipinski definition) is 1. The molecule has 0 radical (unpaired) electrons. The van der Waals surface area contributed by atoms with Gasteiger partial charge in [-0.25, -0.2) is 4.39 Å². The van der Waals surface area contributed by atoms with Crippen LogP contribution in [-0.4, -0.2) is 18.4 Å². The summed E-state index contributed by atoms with van der Waals surface area (Å²) in [6.45, 7) is 4.23. The number of fused-ring (bicyclic) bond motifs is 1. The van der Waals surface area contributed by atoms with Crippen molar-refractivity contribution in [3.05, 3.63) is 29.6 Å². The molecule has 0 saturated carbocycles. The van der Waals surface area contributed by atoms with Crippen LogP contribution >= 0.6 is 15.9 Å². The van der Waals surface area contributed by atoms with Crippen LogP contribution in [0.25, 0.3) is 0 Å². The molecule has 1 heterocycles. The summed E-state index contributed by atoms with van der Waals surface area (Å²) in [4.78, 5) is 2.28. The van der Waals surface area contributed by atoms with E-state index in [1.807, 2.05) is 6.07 Å². The molecule has 0 saturated heterocycles. The van der Waals surface area contributed by atoms with Crippen LogP contribution < -0.4 is 4.90 Å². The molecule has 1 atom stereocenters. The third-order valence-electron chi connectivity index (χ3n) is 2.83. The van der Waals surface area contributed by atoms with Crippen molar-refractivity contribution in [3.63, 3.8) is 0 Å². The maximum absolute atomic E-state index is 13.1. The summed E-state index contributed by atoms with van der Waals surface area (Å²) in [7, 11) is 0. The molecule has 0 aliphatic carbocycles. The molecular weight excluding hydrogens is 257 g/mol. The second-order valence-electron chi connectivity index (χ2n) is 4.23. The molecule has 2 rings (SSSR count). The van der Waals surface area contributed by atoms with Gasteiger partial charge in [0.25, 0.3) is 0 Å². The summed E-state index contributed by atoms with van der Waals surface area (Å²) in [5.74, 6) is 0.464. The van der Waals surface area contributed by atoms with Crippen LogP contribution in [0.3, 0.4) is 0 Å². The van der Waals surface area contributed by atoms with E-state index < -0.39 is 0 Å². The quantitative estimate of drug-likeness (QED) is 0.764. The molecule has 1 aromatic rings. The minimum Gasteiger partial charge on any atom is -0.371 e. The van der Waals surface area contributed by atoms with E-state index >= 15 is 0 Å². The maximum atomic E-state index is 13.1.